The molecule has 0 spiro atoms. The first kappa shape index (κ1) is 23.6. The number of amides is 1. The van der Waals surface area contributed by atoms with Crippen molar-refractivity contribution >= 4 is 24.8 Å². The van der Waals surface area contributed by atoms with Crippen LogP contribution in [0.25, 0.3) is 5.57 Å². The number of aryl methyl sites for hydroxylation is 1. The Kier molecular flexibility index (Phi) is 7.89. The normalized spacial score (nSPS) is 16.1. The van der Waals surface area contributed by atoms with E-state index in [-0.39, 0.29) is 5.91 Å². The molecule has 1 saturated carbocycles. The van der Waals surface area contributed by atoms with E-state index >= 15 is 0 Å². The molecule has 2 aliphatic rings. The molecule has 4 rings (SSSR count). The van der Waals surface area contributed by atoms with Crippen molar-refractivity contribution < 1.29 is 14.3 Å². The van der Waals surface area contributed by atoms with Gasteiger partial charge in [-0.15, -0.1) is 0 Å². The molecule has 1 N–H and O–H groups in total. The maximum Gasteiger partial charge on any atom is 0.251 e. The SMILES string of the molecule is Bc1cccc(C2=C(C(=O)N(Cc3cc(C)cc(OCCCOC)c3)C3CC3)CNCC2)c1. The number of methoxy groups -OCH3 is 1. The fraction of sp³-hybridized carbons (Fsp3) is 0.444. The molecule has 0 atom stereocenters. The zero-order valence-electron chi connectivity index (χ0n) is 20.2. The number of hydrogen-bond acceptors (Lipinski definition) is 4. The molecule has 1 aliphatic carbocycles. The zero-order chi connectivity index (χ0) is 23.2. The van der Waals surface area contributed by atoms with Crippen LogP contribution in [0, 0.1) is 6.92 Å². The Bertz CT molecular complexity index is 1020. The first-order valence-electron chi connectivity index (χ1n) is 12.1. The van der Waals surface area contributed by atoms with Gasteiger partial charge >= 0.3 is 0 Å². The van der Waals surface area contributed by atoms with Crippen LogP contribution in [-0.4, -0.2) is 58.1 Å². The third-order valence-electron chi connectivity index (χ3n) is 6.32. The smallest absolute Gasteiger partial charge is 0.251 e. The van der Waals surface area contributed by atoms with Crippen molar-refractivity contribution in [1.82, 2.24) is 10.2 Å². The predicted molar refractivity (Wildman–Crippen MR) is 136 cm³/mol. The lowest BCUT2D eigenvalue weighted by Gasteiger charge is -2.28. The number of ether oxygens (including phenoxy) is 2. The Hall–Kier alpha value is -2.57. The summed E-state index contributed by atoms with van der Waals surface area (Å²) in [6.45, 7) is 5.55. The van der Waals surface area contributed by atoms with E-state index in [0.717, 1.165) is 54.7 Å². The second-order valence-corrected chi connectivity index (χ2v) is 9.27. The molecule has 1 aliphatic heterocycles. The van der Waals surface area contributed by atoms with Crippen molar-refractivity contribution in [3.63, 3.8) is 0 Å². The molecule has 0 radical (unpaired) electrons. The van der Waals surface area contributed by atoms with E-state index in [9.17, 15) is 4.79 Å². The van der Waals surface area contributed by atoms with E-state index in [0.29, 0.717) is 32.3 Å². The van der Waals surface area contributed by atoms with Gasteiger partial charge in [-0.05, 0) is 67.1 Å². The average molecular weight is 446 g/mol. The molecule has 0 aromatic heterocycles. The van der Waals surface area contributed by atoms with Gasteiger partial charge in [0.2, 0.25) is 0 Å². The molecule has 6 heteroatoms. The average Bonchev–Trinajstić information content (AvgIpc) is 3.65. The third-order valence-corrected chi connectivity index (χ3v) is 6.32. The minimum atomic E-state index is 0.172. The van der Waals surface area contributed by atoms with Crippen LogP contribution in [0.1, 0.15) is 42.4 Å². The number of benzene rings is 2. The van der Waals surface area contributed by atoms with E-state index in [4.69, 9.17) is 9.47 Å². The van der Waals surface area contributed by atoms with Gasteiger partial charge in [-0.25, -0.2) is 0 Å². The number of carbonyl (C=O) groups is 1. The van der Waals surface area contributed by atoms with E-state index < -0.39 is 0 Å². The molecule has 0 saturated heterocycles. The van der Waals surface area contributed by atoms with Gasteiger partial charge in [0.15, 0.2) is 0 Å². The van der Waals surface area contributed by atoms with Gasteiger partial charge in [-0.2, -0.15) is 0 Å². The Balaban J connectivity index is 1.56. The van der Waals surface area contributed by atoms with Gasteiger partial charge in [0.25, 0.3) is 5.91 Å². The van der Waals surface area contributed by atoms with Crippen LogP contribution in [0.5, 0.6) is 5.75 Å². The first-order valence-corrected chi connectivity index (χ1v) is 12.1. The summed E-state index contributed by atoms with van der Waals surface area (Å²) in [4.78, 5) is 15.9. The highest BCUT2D eigenvalue weighted by Gasteiger charge is 2.35. The van der Waals surface area contributed by atoms with Crippen LogP contribution < -0.4 is 15.5 Å². The summed E-state index contributed by atoms with van der Waals surface area (Å²) < 4.78 is 11.1. The molecule has 0 unspecified atom stereocenters. The topological polar surface area (TPSA) is 50.8 Å². The van der Waals surface area contributed by atoms with Crippen LogP contribution in [0.4, 0.5) is 0 Å². The summed E-state index contributed by atoms with van der Waals surface area (Å²) in [6, 6.07) is 15.2. The van der Waals surface area contributed by atoms with Crippen LogP contribution >= 0.6 is 0 Å². The molecular weight excluding hydrogens is 411 g/mol. The van der Waals surface area contributed by atoms with Crippen LogP contribution in [0.2, 0.25) is 0 Å². The first-order chi connectivity index (χ1) is 16.0. The molecule has 1 amide bonds. The Morgan fingerprint density at radius 3 is 2.79 bits per heavy atom. The lowest BCUT2D eigenvalue weighted by Crippen LogP contribution is -2.39. The van der Waals surface area contributed by atoms with Gasteiger partial charge in [0, 0.05) is 44.8 Å². The van der Waals surface area contributed by atoms with Gasteiger partial charge in [-0.3, -0.25) is 4.79 Å². The number of rotatable bonds is 10. The van der Waals surface area contributed by atoms with Crippen LogP contribution in [0.15, 0.2) is 48.0 Å². The zero-order valence-corrected chi connectivity index (χ0v) is 20.2. The number of nitrogens with one attached hydrogen (secondary N) is 1. The van der Waals surface area contributed by atoms with E-state index in [1.54, 1.807) is 7.11 Å². The highest BCUT2D eigenvalue weighted by Crippen LogP contribution is 2.33. The number of carbonyl (C=O) groups excluding carboxylic acids is 1. The van der Waals surface area contributed by atoms with Crippen molar-refractivity contribution in [1.29, 1.82) is 0 Å². The predicted octanol–water partition coefficient (Wildman–Crippen LogP) is 2.61. The van der Waals surface area contributed by atoms with Gasteiger partial charge in [0.1, 0.15) is 13.6 Å². The van der Waals surface area contributed by atoms with E-state index in [2.05, 4.69) is 67.5 Å². The minimum absolute atomic E-state index is 0.172. The maximum absolute atomic E-state index is 13.8. The van der Waals surface area contributed by atoms with Crippen LogP contribution in [0.3, 0.4) is 0 Å². The second-order valence-electron chi connectivity index (χ2n) is 9.27. The molecule has 5 nitrogen and oxygen atoms in total. The Morgan fingerprint density at radius 1 is 1.18 bits per heavy atom. The van der Waals surface area contributed by atoms with Crippen molar-refractivity contribution in [2.75, 3.05) is 33.4 Å². The summed E-state index contributed by atoms with van der Waals surface area (Å²) in [5.41, 5.74) is 6.79. The number of nitrogens with zero attached hydrogens (tertiary/aromatic N) is 1. The van der Waals surface area contributed by atoms with Gasteiger partial charge in [-0.1, -0.05) is 35.8 Å². The van der Waals surface area contributed by atoms with E-state index in [1.807, 2.05) is 0 Å². The summed E-state index contributed by atoms with van der Waals surface area (Å²) in [5, 5.41) is 3.42. The largest absolute Gasteiger partial charge is 0.493 e. The Labute approximate surface area is 198 Å². The summed E-state index contributed by atoms with van der Waals surface area (Å²) >= 11 is 0. The summed E-state index contributed by atoms with van der Waals surface area (Å²) in [5.74, 6) is 1.04. The lowest BCUT2D eigenvalue weighted by molar-refractivity contribution is -0.128. The fourth-order valence-electron chi connectivity index (χ4n) is 4.56. The molecule has 2 aromatic carbocycles. The molecular formula is C27H35BN2O3. The molecule has 0 bridgehead atoms. The Morgan fingerprint density at radius 2 is 2.03 bits per heavy atom. The fourth-order valence-corrected chi connectivity index (χ4v) is 4.56. The standard InChI is InChI=1S/C27H35BN2O3/c1-19-13-20(15-24(14-19)33-12-4-11-32-2)18-30(23-7-8-23)27(31)26-17-29-10-9-25(26)21-5-3-6-22(28)16-21/h3,5-6,13-16,23,29H,4,7-12,17-18,28H2,1-2H3. The number of hydrogen-bond donors (Lipinski definition) is 1. The van der Waals surface area contributed by atoms with Gasteiger partial charge < -0.3 is 19.7 Å². The quantitative estimate of drug-likeness (QED) is 0.451. The maximum atomic E-state index is 13.8. The highest BCUT2D eigenvalue weighted by atomic mass is 16.5. The molecule has 1 heterocycles. The molecule has 1 fully saturated rings. The highest BCUT2D eigenvalue weighted by molar-refractivity contribution is 6.32. The summed E-state index contributed by atoms with van der Waals surface area (Å²) in [7, 11) is 3.81. The summed E-state index contributed by atoms with van der Waals surface area (Å²) in [6.07, 6.45) is 3.90. The lowest BCUT2D eigenvalue weighted by atomic mass is 9.88. The van der Waals surface area contributed by atoms with Crippen molar-refractivity contribution in [2.45, 2.75) is 45.2 Å². The molecule has 33 heavy (non-hydrogen) atoms. The van der Waals surface area contributed by atoms with Crippen molar-refractivity contribution in [3.05, 3.63) is 64.7 Å². The molecule has 2 aromatic rings. The monoisotopic (exact) mass is 446 g/mol. The van der Waals surface area contributed by atoms with Gasteiger partial charge in [0.05, 0.1) is 6.61 Å². The minimum Gasteiger partial charge on any atom is -0.493 e. The van der Waals surface area contributed by atoms with E-state index in [1.165, 1.54) is 16.6 Å². The molecule has 174 valence electrons. The van der Waals surface area contributed by atoms with Crippen LogP contribution in [-0.2, 0) is 16.1 Å². The van der Waals surface area contributed by atoms with Crippen molar-refractivity contribution in [3.8, 4) is 5.75 Å². The van der Waals surface area contributed by atoms with Crippen molar-refractivity contribution in [2.24, 2.45) is 0 Å². The second kappa shape index (κ2) is 11.0. The third kappa shape index (κ3) is 6.27.